The lowest BCUT2D eigenvalue weighted by Gasteiger charge is -2.14. The Hall–Kier alpha value is -1.97. The molecule has 0 aliphatic rings. The number of hydrogen-bond donors (Lipinski definition) is 0. The summed E-state index contributed by atoms with van der Waals surface area (Å²) in [6, 6.07) is 1.69. The number of rotatable bonds is 1. The number of benzene rings is 1. The molecule has 0 aliphatic carbocycles. The Balaban J connectivity index is 3.51. The predicted molar refractivity (Wildman–Crippen MR) is 54.0 cm³/mol. The zero-order valence-corrected chi connectivity index (χ0v) is 9.19. The number of carbonyl (C=O) groups excluding carboxylic acids is 1. The molecule has 0 bridgehead atoms. The van der Waals surface area contributed by atoms with E-state index >= 15 is 0 Å². The van der Waals surface area contributed by atoms with E-state index in [0.29, 0.717) is 18.2 Å². The van der Waals surface area contributed by atoms with Gasteiger partial charge < -0.3 is 4.79 Å². The third-order valence-electron chi connectivity index (χ3n) is 2.07. The molecule has 1 aromatic rings. The van der Waals surface area contributed by atoms with Crippen LogP contribution >= 0.6 is 0 Å². The van der Waals surface area contributed by atoms with E-state index in [1.54, 1.807) is 5.92 Å². The van der Waals surface area contributed by atoms with Crippen molar-refractivity contribution in [3.63, 3.8) is 0 Å². The Labute approximate surface area is 104 Å². The van der Waals surface area contributed by atoms with Gasteiger partial charge in [0.1, 0.15) is 6.29 Å². The third kappa shape index (κ3) is 3.74. The maximum atomic E-state index is 12.6. The first-order valence-corrected chi connectivity index (χ1v) is 4.88. The van der Waals surface area contributed by atoms with Crippen LogP contribution in [0.5, 0.6) is 0 Å². The molecule has 102 valence electrons. The van der Waals surface area contributed by atoms with E-state index in [9.17, 15) is 31.1 Å². The summed E-state index contributed by atoms with van der Waals surface area (Å²) in [5.41, 5.74) is -4.11. The highest BCUT2D eigenvalue weighted by molar-refractivity contribution is 5.57. The molecule has 0 spiro atoms. The molecule has 1 nitrogen and oxygen atoms in total. The summed E-state index contributed by atoms with van der Waals surface area (Å²) >= 11 is 0. The summed E-state index contributed by atoms with van der Waals surface area (Å²) < 4.78 is 75.7. The molecule has 0 heterocycles. The van der Waals surface area contributed by atoms with Crippen LogP contribution in [0.3, 0.4) is 0 Å². The monoisotopic (exact) mass is 280 g/mol. The average Bonchev–Trinajstić information content (AvgIpc) is 2.26. The van der Waals surface area contributed by atoms with Crippen molar-refractivity contribution >= 4 is 6.29 Å². The van der Waals surface area contributed by atoms with E-state index in [2.05, 4.69) is 0 Å². The highest BCUT2D eigenvalue weighted by atomic mass is 19.4. The van der Waals surface area contributed by atoms with Crippen LogP contribution in [0.25, 0.3) is 0 Å². The van der Waals surface area contributed by atoms with Gasteiger partial charge in [0.15, 0.2) is 0 Å². The second kappa shape index (κ2) is 5.34. The topological polar surface area (TPSA) is 17.1 Å². The average molecular weight is 280 g/mol. The maximum Gasteiger partial charge on any atom is 0.417 e. The highest BCUT2D eigenvalue weighted by Crippen LogP contribution is 2.38. The third-order valence-corrected chi connectivity index (χ3v) is 2.07. The van der Waals surface area contributed by atoms with E-state index in [1.807, 2.05) is 5.92 Å². The van der Waals surface area contributed by atoms with Gasteiger partial charge in [0.2, 0.25) is 0 Å². The van der Waals surface area contributed by atoms with Gasteiger partial charge >= 0.3 is 12.4 Å². The lowest BCUT2D eigenvalue weighted by atomic mass is 10.0. The molecule has 0 saturated carbocycles. The van der Waals surface area contributed by atoms with Crippen LogP contribution in [0.15, 0.2) is 18.2 Å². The Kier molecular flexibility index (Phi) is 4.24. The van der Waals surface area contributed by atoms with Crippen molar-refractivity contribution in [3.05, 3.63) is 34.9 Å². The molecular formula is C12H6F6O. The summed E-state index contributed by atoms with van der Waals surface area (Å²) in [4.78, 5) is 10.0. The number of alkyl halides is 6. The largest absolute Gasteiger partial charge is 0.417 e. The van der Waals surface area contributed by atoms with E-state index in [0.717, 1.165) is 0 Å². The SMILES string of the molecule is O=CCC#Cc1c(C(F)(F)F)cccc1C(F)(F)F. The zero-order chi connectivity index (χ0) is 14.7. The van der Waals surface area contributed by atoms with Crippen molar-refractivity contribution in [2.24, 2.45) is 0 Å². The van der Waals surface area contributed by atoms with Crippen molar-refractivity contribution in [1.82, 2.24) is 0 Å². The summed E-state index contributed by atoms with van der Waals surface area (Å²) in [7, 11) is 0. The number of aldehydes is 1. The maximum absolute atomic E-state index is 12.6. The molecule has 0 aromatic heterocycles. The van der Waals surface area contributed by atoms with E-state index in [1.165, 1.54) is 0 Å². The van der Waals surface area contributed by atoms with Crippen LogP contribution < -0.4 is 0 Å². The molecule has 7 heteroatoms. The van der Waals surface area contributed by atoms with Gasteiger partial charge in [0.05, 0.1) is 17.5 Å². The second-order valence-electron chi connectivity index (χ2n) is 3.40. The molecule has 1 aromatic carbocycles. The van der Waals surface area contributed by atoms with E-state index in [4.69, 9.17) is 0 Å². The highest BCUT2D eigenvalue weighted by Gasteiger charge is 2.40. The standard InChI is InChI=1S/C12H6F6O/c13-11(14,15)9-5-3-6-10(12(16,17)18)8(9)4-1-2-7-19/h3,5-7H,2H2. The molecule has 0 N–H and O–H groups in total. The first kappa shape index (κ1) is 15.1. The second-order valence-corrected chi connectivity index (χ2v) is 3.40. The van der Waals surface area contributed by atoms with E-state index < -0.39 is 35.5 Å². The predicted octanol–water partition coefficient (Wildman–Crippen LogP) is 3.66. The molecular weight excluding hydrogens is 274 g/mol. The van der Waals surface area contributed by atoms with Gasteiger partial charge in [-0.2, -0.15) is 26.3 Å². The van der Waals surface area contributed by atoms with Gasteiger partial charge in [-0.05, 0) is 12.1 Å². The molecule has 0 amide bonds. The fraction of sp³-hybridized carbons (Fsp3) is 0.250. The molecule has 0 aliphatic heterocycles. The minimum atomic E-state index is -4.95. The van der Waals surface area contributed by atoms with Crippen LogP contribution in [0.4, 0.5) is 26.3 Å². The van der Waals surface area contributed by atoms with Crippen LogP contribution in [0.2, 0.25) is 0 Å². The minimum Gasteiger partial charge on any atom is -0.302 e. The van der Waals surface area contributed by atoms with Gasteiger partial charge in [-0.25, -0.2) is 0 Å². The molecule has 19 heavy (non-hydrogen) atoms. The number of carbonyl (C=O) groups is 1. The lowest BCUT2D eigenvalue weighted by Crippen LogP contribution is -2.14. The van der Waals surface area contributed by atoms with Gasteiger partial charge in [-0.3, -0.25) is 0 Å². The van der Waals surface area contributed by atoms with Gasteiger partial charge in [0, 0.05) is 5.56 Å². The van der Waals surface area contributed by atoms with Crippen molar-refractivity contribution in [2.45, 2.75) is 18.8 Å². The number of hydrogen-bond acceptors (Lipinski definition) is 1. The van der Waals surface area contributed by atoms with Crippen LogP contribution in [0, 0.1) is 11.8 Å². The van der Waals surface area contributed by atoms with Gasteiger partial charge in [0.25, 0.3) is 0 Å². The summed E-state index contributed by atoms with van der Waals surface area (Å²) in [6.45, 7) is 0. The Morgan fingerprint density at radius 3 is 1.84 bits per heavy atom. The quantitative estimate of drug-likeness (QED) is 0.436. The molecule has 0 saturated heterocycles. The summed E-state index contributed by atoms with van der Waals surface area (Å²) in [5.74, 6) is 3.73. The Morgan fingerprint density at radius 2 is 1.47 bits per heavy atom. The lowest BCUT2D eigenvalue weighted by molar-refractivity contribution is -0.143. The van der Waals surface area contributed by atoms with Crippen LogP contribution in [0.1, 0.15) is 23.1 Å². The van der Waals surface area contributed by atoms with Crippen molar-refractivity contribution < 1.29 is 31.1 Å². The van der Waals surface area contributed by atoms with Crippen LogP contribution in [-0.4, -0.2) is 6.29 Å². The Morgan fingerprint density at radius 1 is 1.00 bits per heavy atom. The number of halogens is 6. The summed E-state index contributed by atoms with van der Waals surface area (Å²) in [6.07, 6.45) is -10.1. The summed E-state index contributed by atoms with van der Waals surface area (Å²) in [5, 5.41) is 0. The van der Waals surface area contributed by atoms with Crippen molar-refractivity contribution in [1.29, 1.82) is 0 Å². The van der Waals surface area contributed by atoms with Gasteiger partial charge in [-0.1, -0.05) is 17.9 Å². The normalized spacial score (nSPS) is 11.7. The van der Waals surface area contributed by atoms with Crippen molar-refractivity contribution in [3.8, 4) is 11.8 Å². The van der Waals surface area contributed by atoms with E-state index in [-0.39, 0.29) is 6.29 Å². The molecule has 0 unspecified atom stereocenters. The van der Waals surface area contributed by atoms with Gasteiger partial charge in [-0.15, -0.1) is 0 Å². The fourth-order valence-electron chi connectivity index (χ4n) is 1.34. The molecule has 1 rings (SSSR count). The molecule has 0 atom stereocenters. The zero-order valence-electron chi connectivity index (χ0n) is 9.19. The smallest absolute Gasteiger partial charge is 0.302 e. The van der Waals surface area contributed by atoms with Crippen molar-refractivity contribution in [2.75, 3.05) is 0 Å². The fourth-order valence-corrected chi connectivity index (χ4v) is 1.34. The molecule has 0 fully saturated rings. The minimum absolute atomic E-state index is 0.288. The first-order chi connectivity index (χ1) is 8.68. The van der Waals surface area contributed by atoms with Crippen LogP contribution in [-0.2, 0) is 17.1 Å². The Bertz CT molecular complexity index is 498. The first-order valence-electron chi connectivity index (χ1n) is 4.88. The molecule has 0 radical (unpaired) electrons.